The fourth-order valence-corrected chi connectivity index (χ4v) is 2.02. The number of rotatable bonds is 2. The number of halogens is 4. The summed E-state index contributed by atoms with van der Waals surface area (Å²) >= 11 is 3.08. The molecule has 0 atom stereocenters. The highest BCUT2D eigenvalue weighted by atomic mass is 79.9. The molecule has 2 nitrogen and oxygen atoms in total. The molecule has 6 heteroatoms. The Morgan fingerprint density at radius 2 is 1.70 bits per heavy atom. The Bertz CT molecular complexity index is 626. The van der Waals surface area contributed by atoms with Gasteiger partial charge in [0.15, 0.2) is 0 Å². The molecule has 0 aromatic heterocycles. The van der Waals surface area contributed by atoms with Gasteiger partial charge in [0.2, 0.25) is 0 Å². The monoisotopic (exact) mass is 343 g/mol. The van der Waals surface area contributed by atoms with Gasteiger partial charge in [-0.05, 0) is 46.3 Å². The van der Waals surface area contributed by atoms with E-state index in [-0.39, 0.29) is 5.56 Å². The van der Waals surface area contributed by atoms with Crippen LogP contribution >= 0.6 is 15.9 Å². The molecule has 0 unspecified atom stereocenters. The molecule has 0 bridgehead atoms. The highest BCUT2D eigenvalue weighted by Gasteiger charge is 2.31. The number of nitrogens with one attached hydrogen (secondary N) is 1. The second-order valence-electron chi connectivity index (χ2n) is 4.01. The van der Waals surface area contributed by atoms with Crippen molar-refractivity contribution >= 4 is 27.5 Å². The number of alkyl halides is 3. The van der Waals surface area contributed by atoms with E-state index >= 15 is 0 Å². The molecule has 1 N–H and O–H groups in total. The minimum Gasteiger partial charge on any atom is -0.322 e. The van der Waals surface area contributed by atoms with Crippen molar-refractivity contribution in [2.45, 2.75) is 6.18 Å². The van der Waals surface area contributed by atoms with Crippen molar-refractivity contribution in [3.8, 4) is 0 Å². The first-order valence-electron chi connectivity index (χ1n) is 5.61. The molecule has 2 rings (SSSR count). The van der Waals surface area contributed by atoms with Crippen molar-refractivity contribution in [1.82, 2.24) is 0 Å². The van der Waals surface area contributed by atoms with Gasteiger partial charge in [-0.3, -0.25) is 4.79 Å². The van der Waals surface area contributed by atoms with E-state index in [1.54, 1.807) is 30.3 Å². The van der Waals surface area contributed by atoms with Crippen LogP contribution in [0.3, 0.4) is 0 Å². The lowest BCUT2D eigenvalue weighted by Gasteiger charge is -2.11. The summed E-state index contributed by atoms with van der Waals surface area (Å²) in [6, 6.07) is 11.5. The van der Waals surface area contributed by atoms with Gasteiger partial charge in [-0.15, -0.1) is 0 Å². The van der Waals surface area contributed by atoms with Crippen LogP contribution in [0.1, 0.15) is 15.9 Å². The first-order valence-corrected chi connectivity index (χ1v) is 6.40. The molecule has 0 aliphatic rings. The van der Waals surface area contributed by atoms with Crippen molar-refractivity contribution in [3.05, 3.63) is 64.1 Å². The van der Waals surface area contributed by atoms with Gasteiger partial charge in [-0.2, -0.15) is 13.2 Å². The van der Waals surface area contributed by atoms with E-state index in [0.717, 1.165) is 12.1 Å². The van der Waals surface area contributed by atoms with E-state index in [1.165, 1.54) is 6.07 Å². The highest BCUT2D eigenvalue weighted by Crippen LogP contribution is 2.32. The molecular formula is C14H9BrF3NO. The van der Waals surface area contributed by atoms with Gasteiger partial charge >= 0.3 is 6.18 Å². The van der Waals surface area contributed by atoms with Crippen molar-refractivity contribution < 1.29 is 18.0 Å². The van der Waals surface area contributed by atoms with E-state index in [4.69, 9.17) is 0 Å². The van der Waals surface area contributed by atoms with Crippen LogP contribution < -0.4 is 5.32 Å². The summed E-state index contributed by atoms with van der Waals surface area (Å²) in [6.07, 6.45) is -4.48. The Hall–Kier alpha value is -1.82. The third-order valence-corrected chi connectivity index (χ3v) is 3.26. The Morgan fingerprint density at radius 1 is 1.05 bits per heavy atom. The van der Waals surface area contributed by atoms with Crippen molar-refractivity contribution in [2.75, 3.05) is 5.32 Å². The molecule has 0 heterocycles. The zero-order valence-electron chi connectivity index (χ0n) is 10.0. The fraction of sp³-hybridized carbons (Fsp3) is 0.0714. The Labute approximate surface area is 121 Å². The smallest absolute Gasteiger partial charge is 0.322 e. The van der Waals surface area contributed by atoms with Crippen LogP contribution in [0.15, 0.2) is 53.0 Å². The largest absolute Gasteiger partial charge is 0.416 e. The number of hydrogen-bond acceptors (Lipinski definition) is 1. The number of carbonyl (C=O) groups excluding carboxylic acids is 1. The maximum Gasteiger partial charge on any atom is 0.416 e. The van der Waals surface area contributed by atoms with Crippen molar-refractivity contribution in [2.24, 2.45) is 0 Å². The molecule has 0 aliphatic carbocycles. The third kappa shape index (κ3) is 3.39. The van der Waals surface area contributed by atoms with E-state index in [9.17, 15) is 18.0 Å². The lowest BCUT2D eigenvalue weighted by molar-refractivity contribution is -0.137. The summed E-state index contributed by atoms with van der Waals surface area (Å²) in [5, 5.41) is 2.54. The number of para-hydroxylation sites is 1. The standard InChI is InChI=1S/C14H9BrF3NO/c15-12-7-6-9(14(16,17)18)8-11(12)13(20)19-10-4-2-1-3-5-10/h1-8H,(H,19,20). The molecule has 20 heavy (non-hydrogen) atoms. The molecule has 104 valence electrons. The second-order valence-corrected chi connectivity index (χ2v) is 4.87. The lowest BCUT2D eigenvalue weighted by Crippen LogP contribution is -2.14. The second kappa shape index (κ2) is 5.66. The van der Waals surface area contributed by atoms with Crippen LogP contribution in [0.2, 0.25) is 0 Å². The SMILES string of the molecule is O=C(Nc1ccccc1)c1cc(C(F)(F)F)ccc1Br. The van der Waals surface area contributed by atoms with Gasteiger partial charge in [-0.25, -0.2) is 0 Å². The molecule has 0 saturated heterocycles. The van der Waals surface area contributed by atoms with Crippen LogP contribution in [0.5, 0.6) is 0 Å². The van der Waals surface area contributed by atoms with Gasteiger partial charge in [0, 0.05) is 10.2 Å². The molecular weight excluding hydrogens is 335 g/mol. The zero-order valence-corrected chi connectivity index (χ0v) is 11.6. The Balaban J connectivity index is 2.30. The first kappa shape index (κ1) is 14.6. The van der Waals surface area contributed by atoms with Gasteiger partial charge in [0.1, 0.15) is 0 Å². The van der Waals surface area contributed by atoms with Crippen LogP contribution in [-0.4, -0.2) is 5.91 Å². The molecule has 2 aromatic carbocycles. The maximum atomic E-state index is 12.6. The summed E-state index contributed by atoms with van der Waals surface area (Å²) in [4.78, 5) is 12.0. The Morgan fingerprint density at radius 3 is 2.30 bits per heavy atom. The molecule has 0 spiro atoms. The average Bonchev–Trinajstić information content (AvgIpc) is 2.39. The predicted octanol–water partition coefficient (Wildman–Crippen LogP) is 4.72. The first-order chi connectivity index (χ1) is 9.38. The van der Waals surface area contributed by atoms with Gasteiger partial charge in [0.25, 0.3) is 5.91 Å². The van der Waals surface area contributed by atoms with Crippen molar-refractivity contribution in [3.63, 3.8) is 0 Å². The topological polar surface area (TPSA) is 29.1 Å². The summed E-state index contributed by atoms with van der Waals surface area (Å²) < 4.78 is 38.2. The number of benzene rings is 2. The van der Waals surface area contributed by atoms with E-state index in [1.807, 2.05) is 0 Å². The molecule has 0 aliphatic heterocycles. The molecule has 0 fully saturated rings. The van der Waals surface area contributed by atoms with Gasteiger partial charge < -0.3 is 5.32 Å². The number of anilines is 1. The fourth-order valence-electron chi connectivity index (χ4n) is 1.60. The molecule has 0 radical (unpaired) electrons. The van der Waals surface area contributed by atoms with Gasteiger partial charge in [0.05, 0.1) is 11.1 Å². The van der Waals surface area contributed by atoms with Gasteiger partial charge in [-0.1, -0.05) is 18.2 Å². The van der Waals surface area contributed by atoms with Crippen LogP contribution in [-0.2, 0) is 6.18 Å². The lowest BCUT2D eigenvalue weighted by atomic mass is 10.1. The average molecular weight is 344 g/mol. The summed E-state index contributed by atoms with van der Waals surface area (Å²) in [5.41, 5.74) is -0.413. The quantitative estimate of drug-likeness (QED) is 0.839. The van der Waals surface area contributed by atoms with E-state index in [0.29, 0.717) is 10.2 Å². The molecule has 0 saturated carbocycles. The molecule has 2 aromatic rings. The van der Waals surface area contributed by atoms with Crippen molar-refractivity contribution in [1.29, 1.82) is 0 Å². The normalized spacial score (nSPS) is 11.2. The highest BCUT2D eigenvalue weighted by molar-refractivity contribution is 9.10. The number of carbonyl (C=O) groups is 1. The summed E-state index contributed by atoms with van der Waals surface area (Å²) in [5.74, 6) is -0.603. The molecule has 1 amide bonds. The minimum absolute atomic E-state index is 0.0660. The van der Waals surface area contributed by atoms with E-state index in [2.05, 4.69) is 21.2 Å². The maximum absolute atomic E-state index is 12.6. The van der Waals surface area contributed by atoms with Crippen LogP contribution in [0.25, 0.3) is 0 Å². The predicted molar refractivity (Wildman–Crippen MR) is 73.5 cm³/mol. The van der Waals surface area contributed by atoms with Crippen LogP contribution in [0, 0.1) is 0 Å². The zero-order chi connectivity index (χ0) is 14.8. The minimum atomic E-state index is -4.48. The van der Waals surface area contributed by atoms with E-state index < -0.39 is 17.6 Å². The summed E-state index contributed by atoms with van der Waals surface area (Å²) in [6.45, 7) is 0. The number of hydrogen-bond donors (Lipinski definition) is 1. The Kier molecular flexibility index (Phi) is 4.13. The van der Waals surface area contributed by atoms with Crippen LogP contribution in [0.4, 0.5) is 18.9 Å². The summed E-state index contributed by atoms with van der Waals surface area (Å²) in [7, 11) is 0. The number of amides is 1. The third-order valence-electron chi connectivity index (χ3n) is 2.57.